The highest BCUT2D eigenvalue weighted by Gasteiger charge is 2.34. The lowest BCUT2D eigenvalue weighted by atomic mass is 10.2. The van der Waals surface area contributed by atoms with Crippen molar-refractivity contribution in [2.75, 3.05) is 25.5 Å². The molecule has 116 valence electrons. The van der Waals surface area contributed by atoms with E-state index in [0.29, 0.717) is 12.0 Å². The molecule has 0 amide bonds. The number of nitro groups is 1. The lowest BCUT2D eigenvalue weighted by molar-refractivity contribution is -0.384. The summed E-state index contributed by atoms with van der Waals surface area (Å²) < 4.78 is 26.2. The molecule has 1 unspecified atom stereocenters. The van der Waals surface area contributed by atoms with Gasteiger partial charge in [0.15, 0.2) is 0 Å². The van der Waals surface area contributed by atoms with Gasteiger partial charge < -0.3 is 10.4 Å². The Bertz CT molecular complexity index is 674. The molecule has 9 heteroatoms. The summed E-state index contributed by atoms with van der Waals surface area (Å²) in [6.07, 6.45) is -0.318. The number of aryl methyl sites for hydroxylation is 1. The van der Waals surface area contributed by atoms with Crippen LogP contribution in [0.2, 0.25) is 0 Å². The van der Waals surface area contributed by atoms with Crippen molar-refractivity contribution in [2.24, 2.45) is 0 Å². The molecule has 1 aromatic carbocycles. The van der Waals surface area contributed by atoms with Crippen molar-refractivity contribution < 1.29 is 18.4 Å². The summed E-state index contributed by atoms with van der Waals surface area (Å²) in [5.74, 6) is 0. The van der Waals surface area contributed by atoms with E-state index in [1.165, 1.54) is 13.1 Å². The molecule has 1 aliphatic heterocycles. The van der Waals surface area contributed by atoms with Crippen molar-refractivity contribution in [3.63, 3.8) is 0 Å². The quantitative estimate of drug-likeness (QED) is 0.624. The minimum atomic E-state index is -3.84. The third-order valence-electron chi connectivity index (χ3n) is 3.50. The van der Waals surface area contributed by atoms with Crippen LogP contribution in [-0.4, -0.2) is 49.0 Å². The number of aliphatic hydroxyl groups is 1. The molecular weight excluding hydrogens is 298 g/mol. The van der Waals surface area contributed by atoms with Gasteiger partial charge in [-0.25, -0.2) is 8.42 Å². The van der Waals surface area contributed by atoms with E-state index in [9.17, 15) is 23.6 Å². The number of nitro benzene ring substituents is 1. The number of nitrogens with one attached hydrogen (secondary N) is 1. The summed E-state index contributed by atoms with van der Waals surface area (Å²) in [4.78, 5) is 10.3. The molecule has 2 N–H and O–H groups in total. The van der Waals surface area contributed by atoms with Gasteiger partial charge in [-0.2, -0.15) is 4.31 Å². The van der Waals surface area contributed by atoms with Crippen molar-refractivity contribution in [3.05, 3.63) is 27.8 Å². The normalized spacial score (nSPS) is 19.7. The standard InChI is InChI=1S/C12H17N3O5S/c1-8-5-10(13-2)11(15(17)18)6-12(8)21(19,20)14-4-3-9(16)7-14/h5-6,9,13,16H,3-4,7H2,1-2H3. The Labute approximate surface area is 122 Å². The van der Waals surface area contributed by atoms with Gasteiger partial charge in [0.2, 0.25) is 10.0 Å². The summed E-state index contributed by atoms with van der Waals surface area (Å²) in [6.45, 7) is 1.82. The molecule has 1 saturated heterocycles. The van der Waals surface area contributed by atoms with E-state index < -0.39 is 21.1 Å². The molecule has 1 aromatic rings. The average molecular weight is 315 g/mol. The van der Waals surface area contributed by atoms with Crippen LogP contribution >= 0.6 is 0 Å². The Morgan fingerprint density at radius 2 is 2.14 bits per heavy atom. The van der Waals surface area contributed by atoms with Crippen LogP contribution in [0.3, 0.4) is 0 Å². The van der Waals surface area contributed by atoms with Gasteiger partial charge in [0, 0.05) is 26.2 Å². The zero-order chi connectivity index (χ0) is 15.8. The number of rotatable bonds is 4. The fraction of sp³-hybridized carbons (Fsp3) is 0.500. The van der Waals surface area contributed by atoms with Gasteiger partial charge in [0.1, 0.15) is 5.69 Å². The maximum atomic E-state index is 12.5. The third kappa shape index (κ3) is 2.85. The van der Waals surface area contributed by atoms with Gasteiger partial charge in [0.05, 0.1) is 15.9 Å². The lowest BCUT2D eigenvalue weighted by Crippen LogP contribution is -2.30. The first-order chi connectivity index (χ1) is 9.77. The molecule has 21 heavy (non-hydrogen) atoms. The Morgan fingerprint density at radius 1 is 1.48 bits per heavy atom. The van der Waals surface area contributed by atoms with Crippen LogP contribution in [0.1, 0.15) is 12.0 Å². The Kier molecular flexibility index (Phi) is 4.17. The van der Waals surface area contributed by atoms with Gasteiger partial charge in [-0.15, -0.1) is 0 Å². The molecule has 2 rings (SSSR count). The number of benzene rings is 1. The monoisotopic (exact) mass is 315 g/mol. The highest BCUT2D eigenvalue weighted by Crippen LogP contribution is 2.32. The molecule has 1 heterocycles. The third-order valence-corrected chi connectivity index (χ3v) is 5.51. The van der Waals surface area contributed by atoms with Gasteiger partial charge in [-0.3, -0.25) is 10.1 Å². The fourth-order valence-corrected chi connectivity index (χ4v) is 4.09. The number of sulfonamides is 1. The maximum Gasteiger partial charge on any atom is 0.293 e. The van der Waals surface area contributed by atoms with E-state index >= 15 is 0 Å². The van der Waals surface area contributed by atoms with E-state index in [4.69, 9.17) is 0 Å². The maximum absolute atomic E-state index is 12.5. The highest BCUT2D eigenvalue weighted by atomic mass is 32.2. The second kappa shape index (κ2) is 5.58. The molecule has 0 saturated carbocycles. The van der Waals surface area contributed by atoms with Crippen LogP contribution in [0, 0.1) is 17.0 Å². The summed E-state index contributed by atoms with van der Waals surface area (Å²) in [5.41, 5.74) is 0.394. The first-order valence-electron chi connectivity index (χ1n) is 6.42. The molecular formula is C12H17N3O5S. The number of nitrogens with zero attached hydrogens (tertiary/aromatic N) is 2. The predicted octanol–water partition coefficient (Wildman–Crippen LogP) is 0.700. The first kappa shape index (κ1) is 15.7. The molecule has 0 aromatic heterocycles. The van der Waals surface area contributed by atoms with Crippen molar-refractivity contribution in [3.8, 4) is 0 Å². The molecule has 1 aliphatic rings. The topological polar surface area (TPSA) is 113 Å². The largest absolute Gasteiger partial charge is 0.392 e. The van der Waals surface area contributed by atoms with Gasteiger partial charge in [-0.05, 0) is 25.0 Å². The van der Waals surface area contributed by atoms with Crippen molar-refractivity contribution in [1.29, 1.82) is 0 Å². The molecule has 1 atom stereocenters. The second-order valence-corrected chi connectivity index (χ2v) is 6.85. The second-order valence-electron chi connectivity index (χ2n) is 4.95. The zero-order valence-electron chi connectivity index (χ0n) is 11.7. The van der Waals surface area contributed by atoms with E-state index in [0.717, 1.165) is 10.4 Å². The van der Waals surface area contributed by atoms with Crippen molar-refractivity contribution in [2.45, 2.75) is 24.3 Å². The summed E-state index contributed by atoms with van der Waals surface area (Å²) in [6, 6.07) is 2.51. The molecule has 0 spiro atoms. The Morgan fingerprint density at radius 3 is 2.62 bits per heavy atom. The van der Waals surface area contributed by atoms with Crippen molar-refractivity contribution >= 4 is 21.4 Å². The van der Waals surface area contributed by atoms with Crippen molar-refractivity contribution in [1.82, 2.24) is 4.31 Å². The summed E-state index contributed by atoms with van der Waals surface area (Å²) >= 11 is 0. The Hall–Kier alpha value is -1.71. The summed E-state index contributed by atoms with van der Waals surface area (Å²) in [5, 5.41) is 23.2. The van der Waals surface area contributed by atoms with E-state index in [2.05, 4.69) is 5.32 Å². The molecule has 0 bridgehead atoms. The van der Waals surface area contributed by atoms with Crippen LogP contribution in [0.4, 0.5) is 11.4 Å². The van der Waals surface area contributed by atoms with Crippen LogP contribution in [-0.2, 0) is 10.0 Å². The van der Waals surface area contributed by atoms with E-state index in [-0.39, 0.29) is 29.4 Å². The fourth-order valence-electron chi connectivity index (χ4n) is 2.37. The van der Waals surface area contributed by atoms with E-state index in [1.807, 2.05) is 0 Å². The number of hydrogen-bond donors (Lipinski definition) is 2. The van der Waals surface area contributed by atoms with Crippen LogP contribution < -0.4 is 5.32 Å². The first-order valence-corrected chi connectivity index (χ1v) is 7.86. The highest BCUT2D eigenvalue weighted by molar-refractivity contribution is 7.89. The lowest BCUT2D eigenvalue weighted by Gasteiger charge is -2.18. The minimum absolute atomic E-state index is 0.0172. The SMILES string of the molecule is CNc1cc(C)c(S(=O)(=O)N2CCC(O)C2)cc1[N+](=O)[O-]. The average Bonchev–Trinajstić information content (AvgIpc) is 2.85. The van der Waals surface area contributed by atoms with E-state index in [1.54, 1.807) is 6.92 Å². The number of β-amino-alcohol motifs (C(OH)–C–C–N with tert-alkyl or cyclic N) is 1. The zero-order valence-corrected chi connectivity index (χ0v) is 12.6. The number of hydrogen-bond acceptors (Lipinski definition) is 6. The van der Waals surface area contributed by atoms with Gasteiger partial charge >= 0.3 is 0 Å². The molecule has 1 fully saturated rings. The molecule has 0 radical (unpaired) electrons. The number of aliphatic hydroxyl groups excluding tert-OH is 1. The minimum Gasteiger partial charge on any atom is -0.392 e. The van der Waals surface area contributed by atoms with Crippen LogP contribution in [0.15, 0.2) is 17.0 Å². The summed E-state index contributed by atoms with van der Waals surface area (Å²) in [7, 11) is -2.31. The van der Waals surface area contributed by atoms with Gasteiger partial charge in [0.25, 0.3) is 5.69 Å². The van der Waals surface area contributed by atoms with Gasteiger partial charge in [-0.1, -0.05) is 0 Å². The number of anilines is 1. The van der Waals surface area contributed by atoms with Crippen LogP contribution in [0.25, 0.3) is 0 Å². The van der Waals surface area contributed by atoms with Crippen LogP contribution in [0.5, 0.6) is 0 Å². The molecule has 0 aliphatic carbocycles. The smallest absolute Gasteiger partial charge is 0.293 e. The predicted molar refractivity (Wildman–Crippen MR) is 76.8 cm³/mol. The molecule has 8 nitrogen and oxygen atoms in total. The Balaban J connectivity index is 2.53.